The van der Waals surface area contributed by atoms with Gasteiger partial charge in [0, 0.05) is 19.1 Å². The van der Waals surface area contributed by atoms with E-state index in [4.69, 9.17) is 0 Å². The van der Waals surface area contributed by atoms with Crippen molar-refractivity contribution in [1.29, 1.82) is 0 Å². The quantitative estimate of drug-likeness (QED) is 0.863. The van der Waals surface area contributed by atoms with Crippen LogP contribution >= 0.6 is 0 Å². The van der Waals surface area contributed by atoms with Crippen LogP contribution in [0.3, 0.4) is 0 Å². The number of likely N-dealkylation sites (tertiary alicyclic amines) is 1. The van der Waals surface area contributed by atoms with Gasteiger partial charge in [0.15, 0.2) is 11.6 Å². The van der Waals surface area contributed by atoms with Crippen LogP contribution in [-0.2, 0) is 6.54 Å². The summed E-state index contributed by atoms with van der Waals surface area (Å²) < 4.78 is 26.2. The van der Waals surface area contributed by atoms with E-state index in [0.717, 1.165) is 37.5 Å². The molecule has 1 saturated heterocycles. The van der Waals surface area contributed by atoms with E-state index in [1.165, 1.54) is 25.0 Å². The van der Waals surface area contributed by atoms with Gasteiger partial charge in [-0.1, -0.05) is 19.9 Å². The third kappa shape index (κ3) is 5.36. The summed E-state index contributed by atoms with van der Waals surface area (Å²) in [6.45, 7) is 8.23. The first-order valence-corrected chi connectivity index (χ1v) is 7.94. The van der Waals surface area contributed by atoms with Gasteiger partial charge in [-0.25, -0.2) is 8.78 Å². The van der Waals surface area contributed by atoms with Crippen LogP contribution < -0.4 is 5.32 Å². The fraction of sp³-hybridized carbons (Fsp3) is 0.647. The number of nitrogens with zero attached hydrogens (tertiary/aromatic N) is 1. The van der Waals surface area contributed by atoms with Gasteiger partial charge in [0.05, 0.1) is 0 Å². The summed E-state index contributed by atoms with van der Waals surface area (Å²) in [6, 6.07) is 4.72. The molecule has 0 radical (unpaired) electrons. The van der Waals surface area contributed by atoms with Crippen molar-refractivity contribution in [3.63, 3.8) is 0 Å². The number of hydrogen-bond acceptors (Lipinski definition) is 2. The molecule has 1 aliphatic heterocycles. The Morgan fingerprint density at radius 2 is 2.10 bits per heavy atom. The van der Waals surface area contributed by atoms with Crippen LogP contribution in [0.1, 0.15) is 38.7 Å². The van der Waals surface area contributed by atoms with Crippen molar-refractivity contribution in [2.75, 3.05) is 19.6 Å². The van der Waals surface area contributed by atoms with E-state index in [1.54, 1.807) is 6.07 Å². The lowest BCUT2D eigenvalue weighted by Gasteiger charge is -2.33. The molecule has 1 unspecified atom stereocenters. The molecule has 1 aromatic carbocycles. The minimum atomic E-state index is -0.773. The van der Waals surface area contributed by atoms with Crippen molar-refractivity contribution in [1.82, 2.24) is 10.2 Å². The second-order valence-electron chi connectivity index (χ2n) is 6.46. The largest absolute Gasteiger partial charge is 0.313 e. The van der Waals surface area contributed by atoms with Gasteiger partial charge in [-0.2, -0.15) is 0 Å². The van der Waals surface area contributed by atoms with Crippen LogP contribution in [0.2, 0.25) is 0 Å². The first kappa shape index (κ1) is 16.4. The summed E-state index contributed by atoms with van der Waals surface area (Å²) in [7, 11) is 0. The maximum atomic E-state index is 13.2. The highest BCUT2D eigenvalue weighted by Gasteiger charge is 2.19. The third-order valence-corrected chi connectivity index (χ3v) is 4.05. The molecule has 0 spiro atoms. The molecule has 1 N–H and O–H groups in total. The van der Waals surface area contributed by atoms with Crippen LogP contribution in [0.25, 0.3) is 0 Å². The monoisotopic (exact) mass is 296 g/mol. The molecule has 0 aromatic heterocycles. The van der Waals surface area contributed by atoms with Crippen LogP contribution in [0.15, 0.2) is 18.2 Å². The Kier molecular flexibility index (Phi) is 6.12. The molecule has 2 rings (SSSR count). The van der Waals surface area contributed by atoms with Gasteiger partial charge in [-0.15, -0.1) is 0 Å². The summed E-state index contributed by atoms with van der Waals surface area (Å²) in [6.07, 6.45) is 3.55. The maximum Gasteiger partial charge on any atom is 0.159 e. The van der Waals surface area contributed by atoms with Gasteiger partial charge in [0.1, 0.15) is 0 Å². The number of rotatable bonds is 6. The van der Waals surface area contributed by atoms with Gasteiger partial charge in [-0.3, -0.25) is 4.90 Å². The molecule has 1 aliphatic rings. The van der Waals surface area contributed by atoms with Crippen molar-refractivity contribution in [2.24, 2.45) is 5.92 Å². The molecule has 0 saturated carbocycles. The molecule has 1 aromatic rings. The first-order chi connectivity index (χ1) is 10.0. The average Bonchev–Trinajstić information content (AvgIpc) is 2.43. The van der Waals surface area contributed by atoms with E-state index < -0.39 is 11.6 Å². The number of benzene rings is 1. The molecular formula is C17H26F2N2. The van der Waals surface area contributed by atoms with E-state index in [9.17, 15) is 8.78 Å². The minimum absolute atomic E-state index is 0.516. The Balaban J connectivity index is 1.81. The number of hydrogen-bond donors (Lipinski definition) is 1. The lowest BCUT2D eigenvalue weighted by molar-refractivity contribution is 0.182. The zero-order valence-corrected chi connectivity index (χ0v) is 13.0. The lowest BCUT2D eigenvalue weighted by Crippen LogP contribution is -2.45. The Hall–Kier alpha value is -1.00. The second-order valence-corrected chi connectivity index (χ2v) is 6.46. The Morgan fingerprint density at radius 3 is 2.81 bits per heavy atom. The number of halogens is 2. The standard InChI is InChI=1S/C17H26F2N2/c1-13(2)7-8-20-15-4-3-9-21(12-15)11-14-5-6-16(18)17(19)10-14/h5-6,10,13,15,20H,3-4,7-9,11-12H2,1-2H3. The molecule has 4 heteroatoms. The Bertz CT molecular complexity index is 448. The highest BCUT2D eigenvalue weighted by molar-refractivity contribution is 5.17. The van der Waals surface area contributed by atoms with E-state index in [1.807, 2.05) is 0 Å². The highest BCUT2D eigenvalue weighted by Crippen LogP contribution is 2.16. The molecule has 0 bridgehead atoms. The van der Waals surface area contributed by atoms with Crippen LogP contribution in [-0.4, -0.2) is 30.6 Å². The topological polar surface area (TPSA) is 15.3 Å². The summed E-state index contributed by atoms with van der Waals surface area (Å²) in [5, 5.41) is 3.61. The van der Waals surface area contributed by atoms with E-state index in [-0.39, 0.29) is 0 Å². The lowest BCUT2D eigenvalue weighted by atomic mass is 10.0. The van der Waals surface area contributed by atoms with Gasteiger partial charge in [0.2, 0.25) is 0 Å². The smallest absolute Gasteiger partial charge is 0.159 e. The van der Waals surface area contributed by atoms with Crippen molar-refractivity contribution in [3.05, 3.63) is 35.4 Å². The van der Waals surface area contributed by atoms with E-state index in [2.05, 4.69) is 24.1 Å². The van der Waals surface area contributed by atoms with Crippen LogP contribution in [0, 0.1) is 17.6 Å². The molecule has 0 amide bonds. The molecule has 1 fully saturated rings. The molecule has 1 atom stereocenters. The molecule has 21 heavy (non-hydrogen) atoms. The zero-order valence-electron chi connectivity index (χ0n) is 13.0. The fourth-order valence-electron chi connectivity index (χ4n) is 2.84. The molecule has 2 nitrogen and oxygen atoms in total. The fourth-order valence-corrected chi connectivity index (χ4v) is 2.84. The number of piperidine rings is 1. The molecular weight excluding hydrogens is 270 g/mol. The third-order valence-electron chi connectivity index (χ3n) is 4.05. The predicted octanol–water partition coefficient (Wildman–Crippen LogP) is 3.56. The minimum Gasteiger partial charge on any atom is -0.313 e. The van der Waals surface area contributed by atoms with E-state index >= 15 is 0 Å². The Labute approximate surface area is 126 Å². The van der Waals surface area contributed by atoms with Gasteiger partial charge >= 0.3 is 0 Å². The van der Waals surface area contributed by atoms with Crippen molar-refractivity contribution < 1.29 is 8.78 Å². The highest BCUT2D eigenvalue weighted by atomic mass is 19.2. The van der Waals surface area contributed by atoms with Crippen molar-refractivity contribution in [2.45, 2.75) is 45.7 Å². The van der Waals surface area contributed by atoms with Crippen LogP contribution in [0.4, 0.5) is 8.78 Å². The van der Waals surface area contributed by atoms with Crippen molar-refractivity contribution in [3.8, 4) is 0 Å². The summed E-state index contributed by atoms with van der Waals surface area (Å²) in [4.78, 5) is 2.32. The Morgan fingerprint density at radius 1 is 1.29 bits per heavy atom. The second kappa shape index (κ2) is 7.85. The maximum absolute atomic E-state index is 13.2. The van der Waals surface area contributed by atoms with E-state index in [0.29, 0.717) is 12.6 Å². The van der Waals surface area contributed by atoms with Gasteiger partial charge in [0.25, 0.3) is 0 Å². The van der Waals surface area contributed by atoms with Gasteiger partial charge < -0.3 is 5.32 Å². The first-order valence-electron chi connectivity index (χ1n) is 7.94. The summed E-state index contributed by atoms with van der Waals surface area (Å²) in [5.74, 6) is -0.805. The summed E-state index contributed by atoms with van der Waals surface area (Å²) >= 11 is 0. The predicted molar refractivity (Wildman–Crippen MR) is 82.1 cm³/mol. The van der Waals surface area contributed by atoms with Crippen molar-refractivity contribution >= 4 is 0 Å². The van der Waals surface area contributed by atoms with Gasteiger partial charge in [-0.05, 0) is 56.0 Å². The summed E-state index contributed by atoms with van der Waals surface area (Å²) in [5.41, 5.74) is 0.844. The molecule has 0 aliphatic carbocycles. The molecule has 1 heterocycles. The normalized spacial score (nSPS) is 20.1. The number of nitrogens with one attached hydrogen (secondary N) is 1. The zero-order chi connectivity index (χ0) is 15.2. The SMILES string of the molecule is CC(C)CCNC1CCCN(Cc2ccc(F)c(F)c2)C1. The van der Waals surface area contributed by atoms with Crippen LogP contribution in [0.5, 0.6) is 0 Å². The molecule has 118 valence electrons. The average molecular weight is 296 g/mol.